The number of nitrogens with one attached hydrogen (secondary N) is 1. The highest BCUT2D eigenvalue weighted by atomic mass is 32.2. The van der Waals surface area contributed by atoms with Crippen molar-refractivity contribution in [3.05, 3.63) is 0 Å². The Morgan fingerprint density at radius 2 is 1.93 bits per heavy atom. The Balaban J connectivity index is 2.57. The molecule has 0 spiro atoms. The van der Waals surface area contributed by atoms with Crippen LogP contribution in [0.4, 0.5) is 0 Å². The number of carbonyl (C=O) groups is 1. The first-order valence-corrected chi connectivity index (χ1v) is 6.54. The topological polar surface area (TPSA) is 63.2 Å². The van der Waals surface area contributed by atoms with E-state index in [0.717, 1.165) is 0 Å². The molecule has 1 N–H and O–H groups in total. The van der Waals surface area contributed by atoms with Crippen molar-refractivity contribution in [3.8, 4) is 0 Å². The molecule has 0 saturated carbocycles. The van der Waals surface area contributed by atoms with Gasteiger partial charge in [0.2, 0.25) is 5.91 Å². The van der Waals surface area contributed by atoms with Crippen molar-refractivity contribution in [2.75, 3.05) is 11.5 Å². The van der Waals surface area contributed by atoms with Crippen LogP contribution in [0.2, 0.25) is 0 Å². The highest BCUT2D eigenvalue weighted by Crippen LogP contribution is 2.19. The average Bonchev–Trinajstić information content (AvgIpc) is 2.26. The molecule has 1 atom stereocenters. The first-order chi connectivity index (χ1) is 6.20. The molecular weight excluding hydrogens is 202 g/mol. The minimum atomic E-state index is -2.96. The van der Waals surface area contributed by atoms with E-state index in [4.69, 9.17) is 0 Å². The van der Waals surface area contributed by atoms with Crippen molar-refractivity contribution in [2.24, 2.45) is 5.92 Å². The Labute approximate surface area is 85.0 Å². The zero-order valence-electron chi connectivity index (χ0n) is 8.83. The highest BCUT2D eigenvalue weighted by molar-refractivity contribution is 7.91. The van der Waals surface area contributed by atoms with Gasteiger partial charge in [0, 0.05) is 5.54 Å². The van der Waals surface area contributed by atoms with E-state index in [1.807, 2.05) is 20.8 Å². The fourth-order valence-corrected chi connectivity index (χ4v) is 3.21. The lowest BCUT2D eigenvalue weighted by Gasteiger charge is -2.22. The van der Waals surface area contributed by atoms with Gasteiger partial charge in [0.05, 0.1) is 17.4 Å². The molecule has 0 aromatic rings. The summed E-state index contributed by atoms with van der Waals surface area (Å²) in [6, 6.07) is 0. The van der Waals surface area contributed by atoms with Crippen LogP contribution in [0, 0.1) is 5.92 Å². The molecule has 1 aliphatic heterocycles. The monoisotopic (exact) mass is 219 g/mol. The summed E-state index contributed by atoms with van der Waals surface area (Å²) in [6.45, 7) is 5.65. The Morgan fingerprint density at radius 3 is 2.29 bits per heavy atom. The van der Waals surface area contributed by atoms with Gasteiger partial charge in [0.15, 0.2) is 9.84 Å². The smallest absolute Gasteiger partial charge is 0.224 e. The van der Waals surface area contributed by atoms with Gasteiger partial charge in [0.1, 0.15) is 0 Å². The van der Waals surface area contributed by atoms with Crippen molar-refractivity contribution >= 4 is 15.7 Å². The SMILES string of the molecule is CC(C)(C)NC(=O)C1CCS(=O)(=O)C1. The van der Waals surface area contributed by atoms with Crippen LogP contribution in [0.1, 0.15) is 27.2 Å². The van der Waals surface area contributed by atoms with Crippen molar-refractivity contribution in [1.29, 1.82) is 0 Å². The Morgan fingerprint density at radius 1 is 1.36 bits per heavy atom. The number of carbonyl (C=O) groups excluding carboxylic acids is 1. The van der Waals surface area contributed by atoms with Gasteiger partial charge in [-0.2, -0.15) is 0 Å². The maximum Gasteiger partial charge on any atom is 0.224 e. The lowest BCUT2D eigenvalue weighted by molar-refractivity contribution is -0.125. The zero-order valence-corrected chi connectivity index (χ0v) is 9.65. The molecule has 1 heterocycles. The molecule has 1 unspecified atom stereocenters. The second-order valence-corrected chi connectivity index (χ2v) is 7.07. The number of sulfone groups is 1. The summed E-state index contributed by atoms with van der Waals surface area (Å²) in [5.41, 5.74) is -0.288. The second-order valence-electron chi connectivity index (χ2n) is 4.84. The number of amides is 1. The summed E-state index contributed by atoms with van der Waals surface area (Å²) < 4.78 is 22.3. The molecule has 0 aliphatic carbocycles. The third-order valence-corrected chi connectivity index (χ3v) is 3.87. The molecule has 1 aliphatic rings. The minimum absolute atomic E-state index is 0.00884. The molecule has 14 heavy (non-hydrogen) atoms. The van der Waals surface area contributed by atoms with E-state index in [-0.39, 0.29) is 28.9 Å². The minimum Gasteiger partial charge on any atom is -0.351 e. The molecule has 0 aromatic heterocycles. The molecule has 1 amide bonds. The van der Waals surface area contributed by atoms with Gasteiger partial charge < -0.3 is 5.32 Å². The van der Waals surface area contributed by atoms with E-state index in [1.54, 1.807) is 0 Å². The Bertz CT molecular complexity index is 326. The molecule has 5 heteroatoms. The van der Waals surface area contributed by atoms with Crippen LogP contribution in [0.5, 0.6) is 0 Å². The third-order valence-electron chi connectivity index (χ3n) is 2.10. The highest BCUT2D eigenvalue weighted by Gasteiger charge is 2.34. The van der Waals surface area contributed by atoms with E-state index in [9.17, 15) is 13.2 Å². The summed E-state index contributed by atoms with van der Waals surface area (Å²) >= 11 is 0. The van der Waals surface area contributed by atoms with Gasteiger partial charge in [-0.1, -0.05) is 0 Å². The van der Waals surface area contributed by atoms with Crippen LogP contribution in [-0.2, 0) is 14.6 Å². The van der Waals surface area contributed by atoms with E-state index < -0.39 is 9.84 Å². The molecule has 82 valence electrons. The molecule has 1 rings (SSSR count). The van der Waals surface area contributed by atoms with Crippen molar-refractivity contribution in [3.63, 3.8) is 0 Å². The van der Waals surface area contributed by atoms with Gasteiger partial charge in [0.25, 0.3) is 0 Å². The Kier molecular flexibility index (Phi) is 2.90. The van der Waals surface area contributed by atoms with Crippen LogP contribution in [0.15, 0.2) is 0 Å². The zero-order chi connectivity index (χ0) is 11.0. The van der Waals surface area contributed by atoms with Gasteiger partial charge >= 0.3 is 0 Å². The summed E-state index contributed by atoms with van der Waals surface area (Å²) in [6.07, 6.45) is 0.463. The Hall–Kier alpha value is -0.580. The van der Waals surface area contributed by atoms with Crippen LogP contribution < -0.4 is 5.32 Å². The summed E-state index contributed by atoms with van der Waals surface area (Å²) in [4.78, 5) is 11.6. The molecular formula is C9H17NO3S. The van der Waals surface area contributed by atoms with Crippen molar-refractivity contribution in [2.45, 2.75) is 32.7 Å². The third kappa shape index (κ3) is 3.29. The van der Waals surface area contributed by atoms with Crippen LogP contribution >= 0.6 is 0 Å². The first kappa shape index (κ1) is 11.5. The lowest BCUT2D eigenvalue weighted by Crippen LogP contribution is -2.44. The van der Waals surface area contributed by atoms with Crippen LogP contribution in [0.3, 0.4) is 0 Å². The average molecular weight is 219 g/mol. The van der Waals surface area contributed by atoms with Crippen molar-refractivity contribution < 1.29 is 13.2 Å². The predicted octanol–water partition coefficient (Wildman–Crippen LogP) is 0.336. The van der Waals surface area contributed by atoms with E-state index in [0.29, 0.717) is 6.42 Å². The summed E-state index contributed by atoms with van der Waals surface area (Å²) in [5, 5.41) is 2.80. The molecule has 0 aromatic carbocycles. The van der Waals surface area contributed by atoms with Gasteiger partial charge in [-0.15, -0.1) is 0 Å². The number of hydrogen-bond acceptors (Lipinski definition) is 3. The van der Waals surface area contributed by atoms with Crippen LogP contribution in [-0.4, -0.2) is 31.4 Å². The van der Waals surface area contributed by atoms with E-state index in [2.05, 4.69) is 5.32 Å². The van der Waals surface area contributed by atoms with Gasteiger partial charge in [-0.05, 0) is 27.2 Å². The number of rotatable bonds is 1. The van der Waals surface area contributed by atoms with E-state index in [1.165, 1.54) is 0 Å². The van der Waals surface area contributed by atoms with Crippen LogP contribution in [0.25, 0.3) is 0 Å². The standard InChI is InChI=1S/C9H17NO3S/c1-9(2,3)10-8(11)7-4-5-14(12,13)6-7/h7H,4-6H2,1-3H3,(H,10,11). The second kappa shape index (κ2) is 3.53. The molecule has 4 nitrogen and oxygen atoms in total. The summed E-state index contributed by atoms with van der Waals surface area (Å²) in [5.74, 6) is -0.331. The largest absolute Gasteiger partial charge is 0.351 e. The van der Waals surface area contributed by atoms with Gasteiger partial charge in [-0.3, -0.25) is 4.79 Å². The quantitative estimate of drug-likeness (QED) is 0.691. The predicted molar refractivity (Wildman–Crippen MR) is 54.7 cm³/mol. The molecule has 1 fully saturated rings. The summed E-state index contributed by atoms with van der Waals surface area (Å²) in [7, 11) is -2.96. The fourth-order valence-electron chi connectivity index (χ4n) is 1.47. The fraction of sp³-hybridized carbons (Fsp3) is 0.889. The maximum atomic E-state index is 11.6. The molecule has 0 bridgehead atoms. The maximum absolute atomic E-state index is 11.6. The van der Waals surface area contributed by atoms with Gasteiger partial charge in [-0.25, -0.2) is 8.42 Å². The normalized spacial score (nSPS) is 26.1. The molecule has 1 saturated heterocycles. The first-order valence-electron chi connectivity index (χ1n) is 4.72. The van der Waals surface area contributed by atoms with Crippen molar-refractivity contribution in [1.82, 2.24) is 5.32 Å². The number of hydrogen-bond donors (Lipinski definition) is 1. The lowest BCUT2D eigenvalue weighted by atomic mass is 10.0. The molecule has 0 radical (unpaired) electrons. The van der Waals surface area contributed by atoms with E-state index >= 15 is 0 Å².